The maximum Gasteiger partial charge on any atom is 0.410 e. The van der Waals surface area contributed by atoms with Crippen LogP contribution in [0.3, 0.4) is 0 Å². The highest BCUT2D eigenvalue weighted by Crippen LogP contribution is 2.41. The van der Waals surface area contributed by atoms with Gasteiger partial charge in [0.15, 0.2) is 0 Å². The molecule has 1 aromatic carbocycles. The van der Waals surface area contributed by atoms with Crippen molar-refractivity contribution < 1.29 is 23.5 Å². The molecule has 32 heavy (non-hydrogen) atoms. The molecule has 0 atom stereocenters. The van der Waals surface area contributed by atoms with E-state index in [0.29, 0.717) is 0 Å². The van der Waals surface area contributed by atoms with Crippen molar-refractivity contribution in [2.75, 3.05) is 25.5 Å². The predicted molar refractivity (Wildman–Crippen MR) is 119 cm³/mol. The van der Waals surface area contributed by atoms with Crippen LogP contribution in [-0.4, -0.2) is 47.7 Å². The summed E-state index contributed by atoms with van der Waals surface area (Å²) in [7, 11) is 1.39. The van der Waals surface area contributed by atoms with Crippen molar-refractivity contribution in [2.24, 2.45) is 0 Å². The van der Waals surface area contributed by atoms with Crippen LogP contribution in [0.5, 0.6) is 5.75 Å². The maximum atomic E-state index is 13.6. The fourth-order valence-corrected chi connectivity index (χ4v) is 3.85. The Morgan fingerprint density at radius 3 is 2.47 bits per heavy atom. The molecule has 1 aromatic heterocycles. The van der Waals surface area contributed by atoms with Crippen LogP contribution in [0, 0.1) is 5.95 Å². The summed E-state index contributed by atoms with van der Waals surface area (Å²) in [4.78, 5) is 31.4. The SMILES string of the molecule is COc1cc(F)ncc1NC(=O)C1(c2ccccc2C(C)C)CN(C(=O)OC(C)(C)C)C1. The molecular formula is C24H30FN3O4. The van der Waals surface area contributed by atoms with Gasteiger partial charge in [-0.25, -0.2) is 9.78 Å². The Morgan fingerprint density at radius 1 is 1.22 bits per heavy atom. The molecule has 0 bridgehead atoms. The monoisotopic (exact) mass is 443 g/mol. The number of benzene rings is 1. The van der Waals surface area contributed by atoms with Crippen LogP contribution in [0.15, 0.2) is 36.5 Å². The van der Waals surface area contributed by atoms with Gasteiger partial charge in [-0.3, -0.25) is 4.79 Å². The minimum absolute atomic E-state index is 0.161. The number of pyridine rings is 1. The number of nitrogens with one attached hydrogen (secondary N) is 1. The Labute approximate surface area is 187 Å². The molecule has 1 N–H and O–H groups in total. The van der Waals surface area contributed by atoms with Crippen LogP contribution in [0.4, 0.5) is 14.9 Å². The standard InChI is InChI=1S/C24H30FN3O4/c1-15(2)16-9-7-8-10-17(16)24(13-28(14-24)22(30)32-23(3,4)5)21(29)27-18-12-26-20(25)11-19(18)31-6/h7-12,15H,13-14H2,1-6H3,(H,27,29). The summed E-state index contributed by atoms with van der Waals surface area (Å²) < 4.78 is 24.2. The van der Waals surface area contributed by atoms with Gasteiger partial charge >= 0.3 is 6.09 Å². The second kappa shape index (κ2) is 8.76. The zero-order valence-electron chi connectivity index (χ0n) is 19.4. The number of carbonyl (C=O) groups excluding carboxylic acids is 2. The van der Waals surface area contributed by atoms with Gasteiger partial charge in [-0.1, -0.05) is 38.1 Å². The van der Waals surface area contributed by atoms with Crippen LogP contribution < -0.4 is 10.1 Å². The van der Waals surface area contributed by atoms with Crippen LogP contribution in [-0.2, 0) is 14.9 Å². The molecule has 2 heterocycles. The number of halogens is 1. The van der Waals surface area contributed by atoms with Gasteiger partial charge in [0.25, 0.3) is 0 Å². The molecule has 7 nitrogen and oxygen atoms in total. The summed E-state index contributed by atoms with van der Waals surface area (Å²) in [5.41, 5.74) is 0.505. The Bertz CT molecular complexity index is 1010. The minimum Gasteiger partial charge on any atom is -0.494 e. The van der Waals surface area contributed by atoms with E-state index in [0.717, 1.165) is 17.2 Å². The average molecular weight is 444 g/mol. The number of amides is 2. The molecule has 8 heteroatoms. The molecule has 2 aromatic rings. The molecule has 3 rings (SSSR count). The predicted octanol–water partition coefficient (Wildman–Crippen LogP) is 4.48. The highest BCUT2D eigenvalue weighted by Gasteiger charge is 2.54. The van der Waals surface area contributed by atoms with Crippen molar-refractivity contribution in [1.29, 1.82) is 0 Å². The van der Waals surface area contributed by atoms with Crippen molar-refractivity contribution in [3.8, 4) is 5.75 Å². The molecule has 0 saturated carbocycles. The lowest BCUT2D eigenvalue weighted by Gasteiger charge is -2.49. The Balaban J connectivity index is 1.96. The molecule has 2 amide bonds. The van der Waals surface area contributed by atoms with Gasteiger partial charge < -0.3 is 19.7 Å². The van der Waals surface area contributed by atoms with E-state index in [-0.39, 0.29) is 36.4 Å². The smallest absolute Gasteiger partial charge is 0.410 e. The lowest BCUT2D eigenvalue weighted by molar-refractivity contribution is -0.127. The van der Waals surface area contributed by atoms with Crippen LogP contribution in [0.2, 0.25) is 0 Å². The highest BCUT2D eigenvalue weighted by molar-refractivity contribution is 6.02. The number of anilines is 1. The second-order valence-corrected chi connectivity index (χ2v) is 9.32. The topological polar surface area (TPSA) is 80.8 Å². The van der Waals surface area contributed by atoms with Crippen molar-refractivity contribution in [1.82, 2.24) is 9.88 Å². The zero-order valence-corrected chi connectivity index (χ0v) is 19.4. The van der Waals surface area contributed by atoms with Gasteiger partial charge in [0.05, 0.1) is 13.3 Å². The van der Waals surface area contributed by atoms with Gasteiger partial charge in [0.1, 0.15) is 22.5 Å². The summed E-state index contributed by atoms with van der Waals surface area (Å²) >= 11 is 0. The van der Waals surface area contributed by atoms with Crippen molar-refractivity contribution in [3.05, 3.63) is 53.6 Å². The van der Waals surface area contributed by atoms with Crippen LogP contribution in [0.1, 0.15) is 51.7 Å². The molecule has 1 fully saturated rings. The van der Waals surface area contributed by atoms with Gasteiger partial charge in [-0.2, -0.15) is 4.39 Å². The molecule has 1 saturated heterocycles. The fraction of sp³-hybridized carbons (Fsp3) is 0.458. The lowest BCUT2D eigenvalue weighted by Crippen LogP contribution is -2.67. The molecule has 0 unspecified atom stereocenters. The number of methoxy groups -OCH3 is 1. The first-order valence-corrected chi connectivity index (χ1v) is 10.5. The number of aromatic nitrogens is 1. The van der Waals surface area contributed by atoms with E-state index in [1.54, 1.807) is 20.8 Å². The highest BCUT2D eigenvalue weighted by atomic mass is 19.1. The van der Waals surface area contributed by atoms with Gasteiger partial charge in [-0.15, -0.1) is 0 Å². The van der Waals surface area contributed by atoms with E-state index < -0.39 is 23.1 Å². The third kappa shape index (κ3) is 4.69. The van der Waals surface area contributed by atoms with Crippen LogP contribution in [0.25, 0.3) is 0 Å². The first-order valence-electron chi connectivity index (χ1n) is 10.5. The fourth-order valence-electron chi connectivity index (χ4n) is 3.85. The summed E-state index contributed by atoms with van der Waals surface area (Å²) in [5, 5.41) is 2.83. The van der Waals surface area contributed by atoms with E-state index >= 15 is 0 Å². The summed E-state index contributed by atoms with van der Waals surface area (Å²) in [6.07, 6.45) is 0.752. The normalized spacial score (nSPS) is 15.2. The number of nitrogens with zero attached hydrogens (tertiary/aromatic N) is 2. The van der Waals surface area contributed by atoms with E-state index in [4.69, 9.17) is 9.47 Å². The lowest BCUT2D eigenvalue weighted by atomic mass is 9.70. The second-order valence-electron chi connectivity index (χ2n) is 9.32. The number of hydrogen-bond donors (Lipinski definition) is 1. The number of rotatable bonds is 5. The summed E-state index contributed by atoms with van der Waals surface area (Å²) in [5.74, 6) is -0.688. The van der Waals surface area contributed by atoms with Crippen LogP contribution >= 0.6 is 0 Å². The molecule has 1 aliphatic rings. The zero-order chi connectivity index (χ0) is 23.7. The summed E-state index contributed by atoms with van der Waals surface area (Å²) in [6.45, 7) is 9.83. The number of hydrogen-bond acceptors (Lipinski definition) is 5. The number of carbonyl (C=O) groups is 2. The maximum absolute atomic E-state index is 13.6. The van der Waals surface area contributed by atoms with Crippen molar-refractivity contribution in [2.45, 2.75) is 51.6 Å². The first-order chi connectivity index (χ1) is 15.0. The molecular weight excluding hydrogens is 413 g/mol. The number of ether oxygens (including phenoxy) is 2. The quantitative estimate of drug-likeness (QED) is 0.689. The minimum atomic E-state index is -0.989. The van der Waals surface area contributed by atoms with E-state index in [9.17, 15) is 14.0 Å². The van der Waals surface area contributed by atoms with Gasteiger partial charge in [-0.05, 0) is 37.8 Å². The Morgan fingerprint density at radius 2 is 1.88 bits per heavy atom. The van der Waals surface area contributed by atoms with E-state index in [1.807, 2.05) is 24.3 Å². The summed E-state index contributed by atoms with van der Waals surface area (Å²) in [6, 6.07) is 8.83. The molecule has 0 radical (unpaired) electrons. The van der Waals surface area contributed by atoms with Crippen molar-refractivity contribution in [3.63, 3.8) is 0 Å². The molecule has 172 valence electrons. The van der Waals surface area contributed by atoms with E-state index in [2.05, 4.69) is 24.1 Å². The first kappa shape index (κ1) is 23.5. The average Bonchev–Trinajstić information content (AvgIpc) is 2.67. The van der Waals surface area contributed by atoms with Gasteiger partial charge in [0, 0.05) is 19.2 Å². The largest absolute Gasteiger partial charge is 0.494 e. The molecule has 0 aliphatic carbocycles. The van der Waals surface area contributed by atoms with E-state index in [1.165, 1.54) is 18.2 Å². The van der Waals surface area contributed by atoms with Gasteiger partial charge in [0.2, 0.25) is 11.9 Å². The third-order valence-electron chi connectivity index (χ3n) is 5.41. The number of likely N-dealkylation sites (tertiary alicyclic amines) is 1. The van der Waals surface area contributed by atoms with Crippen molar-refractivity contribution >= 4 is 17.7 Å². The Kier molecular flexibility index (Phi) is 6.44. The molecule has 0 spiro atoms. The third-order valence-corrected chi connectivity index (χ3v) is 5.41. The Hall–Kier alpha value is -3.16. The molecule has 1 aliphatic heterocycles.